The van der Waals surface area contributed by atoms with Gasteiger partial charge in [0.2, 0.25) is 12.1 Å². The highest BCUT2D eigenvalue weighted by atomic mass is 16.1. The highest BCUT2D eigenvalue weighted by Crippen LogP contribution is 2.22. The Morgan fingerprint density at radius 1 is 1.21 bits per heavy atom. The van der Waals surface area contributed by atoms with Crippen LogP contribution < -0.4 is 4.57 Å². The molecule has 0 aliphatic carbocycles. The maximum Gasteiger partial charge on any atom is 0.249 e. The summed E-state index contributed by atoms with van der Waals surface area (Å²) < 4.78 is 3.91. The summed E-state index contributed by atoms with van der Waals surface area (Å²) in [6.07, 6.45) is 3.67. The fourth-order valence-electron chi connectivity index (χ4n) is 3.34. The average molecular weight is 316 g/mol. The van der Waals surface area contributed by atoms with E-state index in [1.165, 1.54) is 0 Å². The third kappa shape index (κ3) is 2.15. The number of aromatic nitrogens is 3. The van der Waals surface area contributed by atoms with Gasteiger partial charge in [0.15, 0.2) is 17.6 Å². The van der Waals surface area contributed by atoms with Crippen LogP contribution in [0.5, 0.6) is 0 Å². The summed E-state index contributed by atoms with van der Waals surface area (Å²) in [5.74, 6) is 0.0990. The van der Waals surface area contributed by atoms with Gasteiger partial charge in [-0.2, -0.15) is 0 Å². The predicted molar refractivity (Wildman–Crippen MR) is 95.9 cm³/mol. The zero-order valence-electron chi connectivity index (χ0n) is 13.5. The van der Waals surface area contributed by atoms with Gasteiger partial charge >= 0.3 is 0 Å². The molecular formula is C20H18N3O+. The smallest absolute Gasteiger partial charge is 0.249 e. The zero-order valence-corrected chi connectivity index (χ0v) is 13.5. The van der Waals surface area contributed by atoms with Crippen molar-refractivity contribution in [3.63, 3.8) is 0 Å². The Hall–Kier alpha value is -3.14. The Balaban J connectivity index is 1.79. The van der Waals surface area contributed by atoms with E-state index in [1.807, 2.05) is 70.9 Å². The van der Waals surface area contributed by atoms with Gasteiger partial charge in [0.05, 0.1) is 11.8 Å². The molecule has 2 aromatic heterocycles. The topological polar surface area (TPSA) is 41.7 Å². The summed E-state index contributed by atoms with van der Waals surface area (Å²) in [4.78, 5) is 16.3. The van der Waals surface area contributed by atoms with Crippen molar-refractivity contribution in [3.05, 3.63) is 72.7 Å². The summed E-state index contributed by atoms with van der Waals surface area (Å²) >= 11 is 0. The molecule has 0 bridgehead atoms. The van der Waals surface area contributed by atoms with Crippen molar-refractivity contribution in [1.29, 1.82) is 0 Å². The lowest BCUT2D eigenvalue weighted by molar-refractivity contribution is -0.657. The fourth-order valence-corrected chi connectivity index (χ4v) is 3.34. The molecule has 0 saturated carbocycles. The molecule has 0 aliphatic heterocycles. The van der Waals surface area contributed by atoms with Crippen LogP contribution in [0, 0.1) is 6.92 Å². The van der Waals surface area contributed by atoms with Gasteiger partial charge in [-0.15, -0.1) is 0 Å². The molecule has 4 heteroatoms. The molecule has 2 heterocycles. The van der Waals surface area contributed by atoms with Gasteiger partial charge in [-0.05, 0) is 25.1 Å². The number of para-hydroxylation sites is 3. The summed E-state index contributed by atoms with van der Waals surface area (Å²) in [6, 6.07) is 15.9. The minimum Gasteiger partial charge on any atom is -0.358 e. The molecular weight excluding hydrogens is 298 g/mol. The summed E-state index contributed by atoms with van der Waals surface area (Å²) in [7, 11) is 0. The van der Waals surface area contributed by atoms with E-state index in [2.05, 4.69) is 11.6 Å². The Labute approximate surface area is 139 Å². The number of fused-ring (bicyclic) bond motifs is 2. The highest BCUT2D eigenvalue weighted by Gasteiger charge is 2.21. The van der Waals surface area contributed by atoms with E-state index in [9.17, 15) is 4.79 Å². The number of benzene rings is 2. The molecule has 0 atom stereocenters. The number of nitrogens with zero attached hydrogens (tertiary/aromatic N) is 2. The lowest BCUT2D eigenvalue weighted by Crippen LogP contribution is -2.36. The van der Waals surface area contributed by atoms with E-state index in [-0.39, 0.29) is 5.78 Å². The molecule has 118 valence electrons. The Kier molecular flexibility index (Phi) is 3.31. The first-order chi connectivity index (χ1) is 11.7. The number of nitrogens with one attached hydrogen (secondary N) is 1. The zero-order chi connectivity index (χ0) is 16.7. The van der Waals surface area contributed by atoms with Crippen molar-refractivity contribution >= 4 is 33.9 Å². The first-order valence-corrected chi connectivity index (χ1v) is 7.91. The van der Waals surface area contributed by atoms with Gasteiger partial charge < -0.3 is 4.98 Å². The van der Waals surface area contributed by atoms with Crippen molar-refractivity contribution in [2.45, 2.75) is 13.5 Å². The normalized spacial score (nSPS) is 11.2. The summed E-state index contributed by atoms with van der Waals surface area (Å²) in [6.45, 7) is 6.08. The Morgan fingerprint density at radius 3 is 2.79 bits per heavy atom. The maximum absolute atomic E-state index is 13.0. The predicted octanol–water partition coefficient (Wildman–Crippen LogP) is 3.70. The third-order valence-corrected chi connectivity index (χ3v) is 4.42. The van der Waals surface area contributed by atoms with E-state index < -0.39 is 0 Å². The summed E-state index contributed by atoms with van der Waals surface area (Å²) in [5.41, 5.74) is 4.74. The van der Waals surface area contributed by atoms with Crippen LogP contribution in [0.25, 0.3) is 28.1 Å². The van der Waals surface area contributed by atoms with E-state index in [1.54, 1.807) is 6.20 Å². The number of Topliss-reactive ketones (excluding diaryl/α,β-unsaturated/α-hetero) is 1. The van der Waals surface area contributed by atoms with Crippen LogP contribution in [0.3, 0.4) is 0 Å². The number of carbonyl (C=O) groups is 1. The first-order valence-electron chi connectivity index (χ1n) is 7.91. The van der Waals surface area contributed by atoms with Crippen molar-refractivity contribution in [1.82, 2.24) is 9.55 Å². The number of ketones is 1. The highest BCUT2D eigenvalue weighted by molar-refractivity contribution is 6.08. The molecule has 0 amide bonds. The van der Waals surface area contributed by atoms with Crippen LogP contribution in [0.15, 0.2) is 61.4 Å². The van der Waals surface area contributed by atoms with Gasteiger partial charge in [0.25, 0.3) is 0 Å². The second-order valence-corrected chi connectivity index (χ2v) is 5.92. The second kappa shape index (κ2) is 5.49. The molecule has 4 nitrogen and oxygen atoms in total. The standard InChI is InChI=1S/C20H17N3O/c1-3-22-13-23(18-11-7-6-10-17(18)22)12-19(24)20-14(2)21-16-9-5-4-8-15(16)20/h3-11,13H,1,12H2,2H3/p+1. The van der Waals surface area contributed by atoms with E-state index in [0.29, 0.717) is 6.54 Å². The molecule has 1 N–H and O–H groups in total. The molecule has 4 aromatic rings. The fraction of sp³-hybridized carbons (Fsp3) is 0.100. The molecule has 4 rings (SSSR count). The van der Waals surface area contributed by atoms with Crippen LogP contribution in [0.2, 0.25) is 0 Å². The Morgan fingerprint density at radius 2 is 1.96 bits per heavy atom. The van der Waals surface area contributed by atoms with Crippen molar-refractivity contribution < 1.29 is 9.36 Å². The monoisotopic (exact) mass is 316 g/mol. The van der Waals surface area contributed by atoms with Gasteiger partial charge in [-0.25, -0.2) is 9.13 Å². The molecule has 2 aromatic carbocycles. The lowest BCUT2D eigenvalue weighted by Gasteiger charge is -2.00. The van der Waals surface area contributed by atoms with E-state index in [0.717, 1.165) is 33.2 Å². The number of rotatable bonds is 4. The van der Waals surface area contributed by atoms with E-state index in [4.69, 9.17) is 0 Å². The molecule has 0 fully saturated rings. The third-order valence-electron chi connectivity index (χ3n) is 4.42. The maximum atomic E-state index is 13.0. The molecule has 0 saturated heterocycles. The van der Waals surface area contributed by atoms with Crippen LogP contribution >= 0.6 is 0 Å². The van der Waals surface area contributed by atoms with Crippen LogP contribution in [0.1, 0.15) is 16.1 Å². The lowest BCUT2D eigenvalue weighted by atomic mass is 10.1. The van der Waals surface area contributed by atoms with Crippen molar-refractivity contribution in [2.75, 3.05) is 0 Å². The number of carbonyl (C=O) groups excluding carboxylic acids is 1. The minimum absolute atomic E-state index is 0.0990. The van der Waals surface area contributed by atoms with Gasteiger partial charge in [0.1, 0.15) is 0 Å². The van der Waals surface area contributed by atoms with E-state index >= 15 is 0 Å². The number of H-pyrrole nitrogens is 1. The Bertz CT molecular complexity index is 1080. The van der Waals surface area contributed by atoms with Gasteiger partial charge in [0, 0.05) is 16.6 Å². The largest absolute Gasteiger partial charge is 0.358 e. The SMILES string of the molecule is C=Cn1c[n+](CC(=O)c2c(C)[nH]c3ccccc23)c2ccccc21. The number of aryl methyl sites for hydroxylation is 1. The van der Waals surface area contributed by atoms with Crippen LogP contribution in [0.4, 0.5) is 0 Å². The molecule has 24 heavy (non-hydrogen) atoms. The molecule has 0 aliphatic rings. The minimum atomic E-state index is 0.0990. The van der Waals surface area contributed by atoms with Gasteiger partial charge in [-0.1, -0.05) is 36.9 Å². The summed E-state index contributed by atoms with van der Waals surface area (Å²) in [5, 5.41) is 0.980. The molecule has 0 radical (unpaired) electrons. The number of hydrogen-bond acceptors (Lipinski definition) is 1. The molecule has 0 spiro atoms. The quantitative estimate of drug-likeness (QED) is 0.453. The number of aromatic amines is 1. The first kappa shape index (κ1) is 14.5. The van der Waals surface area contributed by atoms with Crippen LogP contribution in [-0.4, -0.2) is 15.3 Å². The van der Waals surface area contributed by atoms with Crippen molar-refractivity contribution in [2.24, 2.45) is 0 Å². The molecule has 0 unspecified atom stereocenters. The van der Waals surface area contributed by atoms with Gasteiger partial charge in [-0.3, -0.25) is 4.79 Å². The second-order valence-electron chi connectivity index (χ2n) is 5.92. The number of hydrogen-bond donors (Lipinski definition) is 1. The van der Waals surface area contributed by atoms with Crippen molar-refractivity contribution in [3.8, 4) is 0 Å². The average Bonchev–Trinajstić information content (AvgIpc) is 3.12. The van der Waals surface area contributed by atoms with Crippen LogP contribution in [-0.2, 0) is 6.54 Å². The number of imidazole rings is 1.